The highest BCUT2D eigenvalue weighted by atomic mass is 35.5. The van der Waals surface area contributed by atoms with Crippen LogP contribution in [0.2, 0.25) is 10.0 Å². The molecule has 3 rings (SSSR count). The van der Waals surface area contributed by atoms with Crippen molar-refractivity contribution in [3.05, 3.63) is 94.2 Å². The molecule has 1 atom stereocenters. The van der Waals surface area contributed by atoms with Crippen LogP contribution in [0.25, 0.3) is 0 Å². The van der Waals surface area contributed by atoms with Crippen molar-refractivity contribution in [3.8, 4) is 0 Å². The summed E-state index contributed by atoms with van der Waals surface area (Å²) in [7, 11) is -2.82. The monoisotopic (exact) mass is 551 g/mol. The second-order valence-corrected chi connectivity index (χ2v) is 10.6. The van der Waals surface area contributed by atoms with Gasteiger partial charge in [0.15, 0.2) is 0 Å². The lowest BCUT2D eigenvalue weighted by Crippen LogP contribution is -2.50. The quantitative estimate of drug-likeness (QED) is 0.424. The summed E-state index contributed by atoms with van der Waals surface area (Å²) >= 11 is 12.0. The van der Waals surface area contributed by atoms with Crippen LogP contribution in [0.1, 0.15) is 12.5 Å². The number of likely N-dealkylation sites (N-methyl/N-ethyl adjacent to an activating group) is 1. The number of amides is 2. The van der Waals surface area contributed by atoms with Gasteiger partial charge in [-0.1, -0.05) is 53.5 Å². The van der Waals surface area contributed by atoms with E-state index in [-0.39, 0.29) is 22.2 Å². The van der Waals surface area contributed by atoms with Crippen molar-refractivity contribution in [1.82, 2.24) is 10.2 Å². The molecule has 11 heteroatoms. The number of halogens is 3. The maximum atomic E-state index is 13.9. The lowest BCUT2D eigenvalue weighted by atomic mass is 10.1. The normalized spacial score (nSPS) is 12.0. The van der Waals surface area contributed by atoms with Crippen molar-refractivity contribution in [2.75, 3.05) is 17.9 Å². The summed E-state index contributed by atoms with van der Waals surface area (Å²) in [5.41, 5.74) is 0.641. The van der Waals surface area contributed by atoms with Crippen molar-refractivity contribution in [2.45, 2.75) is 24.4 Å². The Kier molecular flexibility index (Phi) is 8.94. The Morgan fingerprint density at radius 1 is 1.00 bits per heavy atom. The molecule has 0 radical (unpaired) electrons. The fourth-order valence-electron chi connectivity index (χ4n) is 3.51. The van der Waals surface area contributed by atoms with Gasteiger partial charge >= 0.3 is 0 Å². The Morgan fingerprint density at radius 2 is 1.69 bits per heavy atom. The molecule has 2 amide bonds. The maximum absolute atomic E-state index is 13.9. The summed E-state index contributed by atoms with van der Waals surface area (Å²) in [5.74, 6) is -1.83. The first kappa shape index (κ1) is 27.4. The first-order chi connectivity index (χ1) is 17.0. The predicted molar refractivity (Wildman–Crippen MR) is 138 cm³/mol. The van der Waals surface area contributed by atoms with Gasteiger partial charge in [-0.2, -0.15) is 0 Å². The van der Waals surface area contributed by atoms with Crippen LogP contribution in [0.3, 0.4) is 0 Å². The molecule has 3 aromatic rings. The minimum absolute atomic E-state index is 0.00260. The Bertz CT molecular complexity index is 1360. The second kappa shape index (κ2) is 11.7. The van der Waals surface area contributed by atoms with Gasteiger partial charge in [-0.25, -0.2) is 12.8 Å². The molecule has 0 saturated carbocycles. The average molecular weight is 552 g/mol. The standard InChI is InChI=1S/C25H24Cl2FN3O4S/c1-17(25(33)29-2)30(15-18-7-6-8-19(26)13-18)24(32)16-31(20-11-12-23(28)22(27)14-20)36(34,35)21-9-4-3-5-10-21/h3-14,17H,15-16H2,1-2H3,(H,29,33)/t17-/m0/s1. The van der Waals surface area contributed by atoms with Crippen LogP contribution in [0.5, 0.6) is 0 Å². The Hall–Kier alpha value is -3.14. The number of anilines is 1. The zero-order valence-corrected chi connectivity index (χ0v) is 21.8. The van der Waals surface area contributed by atoms with E-state index in [4.69, 9.17) is 23.2 Å². The van der Waals surface area contributed by atoms with Gasteiger partial charge in [0, 0.05) is 18.6 Å². The van der Waals surface area contributed by atoms with E-state index < -0.39 is 40.2 Å². The Morgan fingerprint density at radius 3 is 2.31 bits per heavy atom. The highest BCUT2D eigenvalue weighted by molar-refractivity contribution is 7.92. The van der Waals surface area contributed by atoms with E-state index in [2.05, 4.69) is 5.32 Å². The Balaban J connectivity index is 2.05. The molecule has 0 heterocycles. The highest BCUT2D eigenvalue weighted by Gasteiger charge is 2.32. The first-order valence-corrected chi connectivity index (χ1v) is 13.0. The van der Waals surface area contributed by atoms with Crippen molar-refractivity contribution in [1.29, 1.82) is 0 Å². The van der Waals surface area contributed by atoms with Crippen LogP contribution < -0.4 is 9.62 Å². The third-order valence-corrected chi connectivity index (χ3v) is 7.77. The van der Waals surface area contributed by atoms with Crippen molar-refractivity contribution in [3.63, 3.8) is 0 Å². The number of nitrogens with zero attached hydrogens (tertiary/aromatic N) is 2. The molecule has 0 unspecified atom stereocenters. The lowest BCUT2D eigenvalue weighted by molar-refractivity contribution is -0.139. The minimum Gasteiger partial charge on any atom is -0.357 e. The number of sulfonamides is 1. The van der Waals surface area contributed by atoms with Crippen molar-refractivity contribution < 1.29 is 22.4 Å². The number of carbonyl (C=O) groups excluding carboxylic acids is 2. The molecule has 3 aromatic carbocycles. The van der Waals surface area contributed by atoms with Gasteiger partial charge in [0.25, 0.3) is 10.0 Å². The zero-order chi connectivity index (χ0) is 26.5. The third-order valence-electron chi connectivity index (χ3n) is 5.46. The molecule has 0 aromatic heterocycles. The maximum Gasteiger partial charge on any atom is 0.264 e. The molecule has 0 aliphatic carbocycles. The van der Waals surface area contributed by atoms with E-state index in [1.165, 1.54) is 37.1 Å². The molecule has 0 bridgehead atoms. The predicted octanol–water partition coefficient (Wildman–Crippen LogP) is 4.49. The topological polar surface area (TPSA) is 86.8 Å². The number of nitrogens with one attached hydrogen (secondary N) is 1. The summed E-state index contributed by atoms with van der Waals surface area (Å²) in [4.78, 5) is 27.2. The van der Waals surface area contributed by atoms with Gasteiger partial charge in [-0.15, -0.1) is 0 Å². The molecule has 0 aliphatic rings. The molecule has 0 saturated heterocycles. The minimum atomic E-state index is -4.26. The SMILES string of the molecule is CNC(=O)[C@H](C)N(Cc1cccc(Cl)c1)C(=O)CN(c1ccc(F)c(Cl)c1)S(=O)(=O)c1ccccc1. The van der Waals surface area contributed by atoms with Gasteiger partial charge in [0.05, 0.1) is 15.6 Å². The van der Waals surface area contributed by atoms with E-state index >= 15 is 0 Å². The van der Waals surface area contributed by atoms with E-state index in [1.54, 1.807) is 42.5 Å². The average Bonchev–Trinajstić information content (AvgIpc) is 2.87. The van der Waals surface area contributed by atoms with Crippen molar-refractivity contribution >= 4 is 50.7 Å². The number of hydrogen-bond donors (Lipinski definition) is 1. The molecular weight excluding hydrogens is 528 g/mol. The van der Waals surface area contributed by atoms with Gasteiger partial charge in [0.1, 0.15) is 18.4 Å². The van der Waals surface area contributed by atoms with Crippen LogP contribution in [-0.2, 0) is 26.2 Å². The largest absolute Gasteiger partial charge is 0.357 e. The molecule has 0 spiro atoms. The van der Waals surface area contributed by atoms with Gasteiger partial charge in [-0.05, 0) is 55.0 Å². The van der Waals surface area contributed by atoms with Gasteiger partial charge in [0.2, 0.25) is 11.8 Å². The fourth-order valence-corrected chi connectivity index (χ4v) is 5.33. The number of carbonyl (C=O) groups is 2. The molecule has 0 aliphatic heterocycles. The summed E-state index contributed by atoms with van der Waals surface area (Å²) in [5, 5.41) is 2.65. The Labute approximate surface area is 219 Å². The molecule has 7 nitrogen and oxygen atoms in total. The molecule has 36 heavy (non-hydrogen) atoms. The lowest BCUT2D eigenvalue weighted by Gasteiger charge is -2.31. The number of hydrogen-bond acceptors (Lipinski definition) is 4. The van der Waals surface area contributed by atoms with E-state index in [9.17, 15) is 22.4 Å². The zero-order valence-electron chi connectivity index (χ0n) is 19.5. The highest BCUT2D eigenvalue weighted by Crippen LogP contribution is 2.28. The summed E-state index contributed by atoms with van der Waals surface area (Å²) in [6, 6.07) is 16.7. The molecular formula is C25H24Cl2FN3O4S. The van der Waals surface area contributed by atoms with E-state index in [1.807, 2.05) is 0 Å². The van der Waals surface area contributed by atoms with E-state index in [0.717, 1.165) is 16.4 Å². The number of benzene rings is 3. The number of rotatable bonds is 9. The second-order valence-electron chi connectivity index (χ2n) is 7.86. The third kappa shape index (κ3) is 6.34. The van der Waals surface area contributed by atoms with Crippen LogP contribution in [-0.4, -0.2) is 44.8 Å². The fraction of sp³-hybridized carbons (Fsp3) is 0.200. The first-order valence-electron chi connectivity index (χ1n) is 10.8. The van der Waals surface area contributed by atoms with Crippen LogP contribution >= 0.6 is 23.2 Å². The summed E-state index contributed by atoms with van der Waals surface area (Å²) < 4.78 is 41.8. The van der Waals surface area contributed by atoms with Gasteiger partial charge in [-0.3, -0.25) is 13.9 Å². The van der Waals surface area contributed by atoms with Crippen LogP contribution in [0, 0.1) is 5.82 Å². The van der Waals surface area contributed by atoms with Gasteiger partial charge < -0.3 is 10.2 Å². The molecule has 1 N–H and O–H groups in total. The smallest absolute Gasteiger partial charge is 0.264 e. The molecule has 190 valence electrons. The summed E-state index contributed by atoms with van der Waals surface area (Å²) in [6.07, 6.45) is 0. The summed E-state index contributed by atoms with van der Waals surface area (Å²) in [6.45, 7) is 0.866. The van der Waals surface area contributed by atoms with Crippen LogP contribution in [0.15, 0.2) is 77.7 Å². The van der Waals surface area contributed by atoms with E-state index in [0.29, 0.717) is 10.6 Å². The van der Waals surface area contributed by atoms with Crippen molar-refractivity contribution in [2.24, 2.45) is 0 Å². The van der Waals surface area contributed by atoms with Crippen LogP contribution in [0.4, 0.5) is 10.1 Å². The molecule has 0 fully saturated rings.